The largest absolute Gasteiger partial charge is 0.493 e. The van der Waals surface area contributed by atoms with Crippen LogP contribution in [-0.4, -0.2) is 186 Å². The molecule has 0 saturated carbocycles. The average molecular weight is 1160 g/mol. The normalized spacial score (nSPS) is 17.0. The molecule has 450 valence electrons. The van der Waals surface area contributed by atoms with Gasteiger partial charge < -0.3 is 75.0 Å². The second-order valence-corrected chi connectivity index (χ2v) is 21.2. The highest BCUT2D eigenvalue weighted by molar-refractivity contribution is 6.04. The highest BCUT2D eigenvalue weighted by atomic mass is 16.5. The molecule has 0 atom stereocenters. The molecular weight excluding hydrogens is 1090 g/mol. The Kier molecular flexibility index (Phi) is 21.4. The molecule has 84 heavy (non-hydrogen) atoms. The van der Waals surface area contributed by atoms with Gasteiger partial charge in [-0.3, -0.25) is 43.2 Å². The number of nitrogens with zero attached hydrogens (tertiary/aromatic N) is 3. The number of rotatable bonds is 6. The predicted molar refractivity (Wildman–Crippen MR) is 307 cm³/mol. The van der Waals surface area contributed by atoms with Crippen LogP contribution in [0.2, 0.25) is 0 Å². The third kappa shape index (κ3) is 16.1. The summed E-state index contributed by atoms with van der Waals surface area (Å²) in [6, 6.07) is 13.4. The fourth-order valence-corrected chi connectivity index (χ4v) is 9.79. The number of benzene rings is 4. The van der Waals surface area contributed by atoms with Crippen LogP contribution in [0.4, 0.5) is 0 Å². The minimum Gasteiger partial charge on any atom is -0.493 e. The van der Waals surface area contributed by atoms with Gasteiger partial charge in [-0.25, -0.2) is 0 Å². The number of amides is 9. The number of ether oxygens (including phenoxy) is 6. The van der Waals surface area contributed by atoms with Crippen molar-refractivity contribution in [1.82, 2.24) is 46.6 Å². The first-order valence-corrected chi connectivity index (χ1v) is 27.8. The van der Waals surface area contributed by atoms with Gasteiger partial charge in [0.2, 0.25) is 17.7 Å². The summed E-state index contributed by atoms with van der Waals surface area (Å²) < 4.78 is 36.5. The highest BCUT2D eigenvalue weighted by Crippen LogP contribution is 2.41. The van der Waals surface area contributed by atoms with Crippen LogP contribution >= 0.6 is 0 Å². The van der Waals surface area contributed by atoms with Crippen molar-refractivity contribution in [3.8, 4) is 34.5 Å². The van der Waals surface area contributed by atoms with Gasteiger partial charge in [-0.1, -0.05) is 0 Å². The van der Waals surface area contributed by atoms with E-state index in [0.29, 0.717) is 36.5 Å². The van der Waals surface area contributed by atoms with E-state index in [1.54, 1.807) is 59.7 Å². The summed E-state index contributed by atoms with van der Waals surface area (Å²) in [5.41, 5.74) is 4.50. The topological polar surface area (TPSA) is 291 Å². The van der Waals surface area contributed by atoms with Crippen LogP contribution in [0.1, 0.15) is 106 Å². The molecule has 0 fully saturated rings. The van der Waals surface area contributed by atoms with Crippen molar-refractivity contribution in [1.29, 1.82) is 0 Å². The van der Waals surface area contributed by atoms with Crippen molar-refractivity contribution in [2.75, 3.05) is 100 Å². The third-order valence-electron chi connectivity index (χ3n) is 14.3. The molecule has 24 heteroatoms. The zero-order valence-corrected chi connectivity index (χ0v) is 49.0. The Morgan fingerprint density at radius 1 is 0.357 bits per heavy atom. The van der Waals surface area contributed by atoms with Gasteiger partial charge in [-0.05, 0) is 149 Å². The zero-order valence-electron chi connectivity index (χ0n) is 49.0. The number of carbonyl (C=O) groups excluding carboxylic acids is 9. The molecule has 1 aliphatic carbocycles. The number of fused-ring (bicyclic) bond motifs is 3. The lowest BCUT2D eigenvalue weighted by Crippen LogP contribution is -2.47. The van der Waals surface area contributed by atoms with E-state index in [9.17, 15) is 43.2 Å². The lowest BCUT2D eigenvalue weighted by Gasteiger charge is -2.26. The quantitative estimate of drug-likeness (QED) is 0.142. The smallest absolute Gasteiger partial charge is 0.261 e. The Morgan fingerprint density at radius 3 is 0.833 bits per heavy atom. The number of methoxy groups -OCH3 is 3. The third-order valence-corrected chi connectivity index (χ3v) is 14.3. The molecule has 24 nitrogen and oxygen atoms in total. The maximum Gasteiger partial charge on any atom is 0.261 e. The van der Waals surface area contributed by atoms with Gasteiger partial charge in [0, 0.05) is 74.1 Å². The minimum atomic E-state index is -0.690. The van der Waals surface area contributed by atoms with Crippen LogP contribution in [0, 0.1) is 0 Å². The molecule has 12 bridgehead atoms. The SMILES string of the molecule is COc1cc2c3cc1OCC(=O)N(C(C)C)CC(=O)NCCNC(=O)c1cc4cc(c1)C(=O)NCCNC(=O)CN(C(C)C)C(=O)COc1cc(c(cc1OC)Cc1cc(c(OC)cc1C3)OCC(=O)N(C(C)C)CC(=O)NCCNC4=O)C2. The van der Waals surface area contributed by atoms with Crippen LogP contribution < -0.4 is 60.3 Å². The number of hydrogen-bond acceptors (Lipinski definition) is 15. The van der Waals surface area contributed by atoms with E-state index in [0.717, 1.165) is 33.4 Å². The van der Waals surface area contributed by atoms with E-state index in [1.165, 1.54) is 54.2 Å². The van der Waals surface area contributed by atoms with Crippen LogP contribution in [0.25, 0.3) is 0 Å². The Bertz CT molecular complexity index is 2820. The summed E-state index contributed by atoms with van der Waals surface area (Å²) in [6.07, 6.45) is 0.907. The summed E-state index contributed by atoms with van der Waals surface area (Å²) in [4.78, 5) is 127. The molecule has 6 N–H and O–H groups in total. The monoisotopic (exact) mass is 1160 g/mol. The summed E-state index contributed by atoms with van der Waals surface area (Å²) >= 11 is 0. The fourth-order valence-electron chi connectivity index (χ4n) is 9.79. The van der Waals surface area contributed by atoms with Gasteiger partial charge in [-0.2, -0.15) is 0 Å². The van der Waals surface area contributed by atoms with Crippen molar-refractivity contribution < 1.29 is 71.6 Å². The maximum atomic E-state index is 14.0. The molecule has 7 aliphatic rings. The summed E-state index contributed by atoms with van der Waals surface area (Å²) in [6.45, 7) is 7.68. The Labute approximate surface area is 487 Å². The second-order valence-electron chi connectivity index (χ2n) is 21.2. The molecule has 0 radical (unpaired) electrons. The molecule has 11 rings (SSSR count). The maximum absolute atomic E-state index is 14.0. The molecule has 0 saturated heterocycles. The molecule has 0 spiro atoms. The molecular formula is C60H75N9O15. The lowest BCUT2D eigenvalue weighted by atomic mass is 9.94. The van der Waals surface area contributed by atoms with Crippen molar-refractivity contribution in [2.45, 2.75) is 78.9 Å². The van der Waals surface area contributed by atoms with Crippen molar-refractivity contribution in [3.63, 3.8) is 0 Å². The van der Waals surface area contributed by atoms with E-state index in [-0.39, 0.29) is 92.8 Å². The molecule has 9 amide bonds. The van der Waals surface area contributed by atoms with E-state index < -0.39 is 91.1 Å². The van der Waals surface area contributed by atoms with Gasteiger partial charge in [0.1, 0.15) is 0 Å². The Balaban J connectivity index is 1.35. The minimum absolute atomic E-state index is 0.0552. The van der Waals surface area contributed by atoms with E-state index in [1.807, 2.05) is 18.2 Å². The number of carbonyl (C=O) groups is 9. The summed E-state index contributed by atoms with van der Waals surface area (Å²) in [7, 11) is 4.44. The lowest BCUT2D eigenvalue weighted by molar-refractivity contribution is -0.139. The van der Waals surface area contributed by atoms with E-state index in [2.05, 4.69) is 31.9 Å². The van der Waals surface area contributed by atoms with Gasteiger partial charge >= 0.3 is 0 Å². The van der Waals surface area contributed by atoms with Crippen LogP contribution in [-0.2, 0) is 48.0 Å². The first-order chi connectivity index (χ1) is 40.2. The number of nitrogens with one attached hydrogen (secondary N) is 6. The van der Waals surface area contributed by atoms with Crippen molar-refractivity contribution >= 4 is 53.2 Å². The Morgan fingerprint density at radius 2 is 0.595 bits per heavy atom. The molecule has 4 aromatic rings. The molecule has 0 unspecified atom stereocenters. The average Bonchev–Trinajstić information content (AvgIpc) is 3.68. The molecule has 6 heterocycles. The van der Waals surface area contributed by atoms with Crippen LogP contribution in [0.15, 0.2) is 54.6 Å². The first kappa shape index (κ1) is 62.5. The molecule has 6 aliphatic heterocycles. The first-order valence-electron chi connectivity index (χ1n) is 27.8. The van der Waals surface area contributed by atoms with E-state index in [4.69, 9.17) is 28.4 Å². The fraction of sp³-hybridized carbons (Fsp3) is 0.450. The van der Waals surface area contributed by atoms with Crippen LogP contribution in [0.3, 0.4) is 0 Å². The Hall–Kier alpha value is -9.09. The zero-order chi connectivity index (χ0) is 60.8. The second kappa shape index (κ2) is 28.7. The molecule has 0 aromatic heterocycles. The summed E-state index contributed by atoms with van der Waals surface area (Å²) in [5, 5.41) is 16.2. The van der Waals surface area contributed by atoms with E-state index >= 15 is 0 Å². The molecule has 4 aromatic carbocycles. The van der Waals surface area contributed by atoms with Gasteiger partial charge in [0.25, 0.3) is 35.4 Å². The highest BCUT2D eigenvalue weighted by Gasteiger charge is 2.28. The van der Waals surface area contributed by atoms with Gasteiger partial charge in [-0.15, -0.1) is 0 Å². The van der Waals surface area contributed by atoms with Crippen LogP contribution in [0.5, 0.6) is 34.5 Å². The summed E-state index contributed by atoms with van der Waals surface area (Å²) in [5.74, 6) is -3.46. The number of hydrogen-bond donors (Lipinski definition) is 6. The standard InChI is InChI=1S/C60H75N9O15/c1-34(2)67-28-52(70)61-10-13-64-58(76)43-19-44-21-45(20-43)60(78)66-15-12-63-54(72)30-69(36(5)6)57(75)33-84-51-27-42-18-39-24-48(81-9)50(83-32-56(74)68(35(3)4)29-53(71)62-11-14-65-59(44)77)26-41(39)17-37-22-46(79-7)49(82-31-55(67)73)25-40(37)16-38(42)23-47(51)80-8/h19-27,34-36H,10-18,28-33H2,1-9H3,(H,61,70)(H,62,71)(H,63,72)(H,64,76)(H,65,77)(H,66,78). The van der Waals surface area contributed by atoms with Crippen molar-refractivity contribution in [3.05, 3.63) is 105 Å². The van der Waals surface area contributed by atoms with Gasteiger partial charge in [0.05, 0.1) is 41.0 Å². The van der Waals surface area contributed by atoms with Crippen molar-refractivity contribution in [2.24, 2.45) is 0 Å². The predicted octanol–water partition coefficient (Wildman–Crippen LogP) is 1.91. The van der Waals surface area contributed by atoms with Gasteiger partial charge in [0.15, 0.2) is 54.3 Å².